The molecule has 1 aromatic carbocycles. The van der Waals surface area contributed by atoms with E-state index in [0.717, 1.165) is 19.4 Å². The predicted molar refractivity (Wildman–Crippen MR) is 77.6 cm³/mol. The van der Waals surface area contributed by atoms with Gasteiger partial charge in [0.15, 0.2) is 0 Å². The smallest absolute Gasteiger partial charge is 0.273 e. The fourth-order valence-electron chi connectivity index (χ4n) is 2.50. The van der Waals surface area contributed by atoms with Gasteiger partial charge in [-0.1, -0.05) is 0 Å². The molecule has 0 aromatic heterocycles. The van der Waals surface area contributed by atoms with Crippen LogP contribution in [-0.4, -0.2) is 49.0 Å². The van der Waals surface area contributed by atoms with Crippen molar-refractivity contribution in [1.82, 2.24) is 10.2 Å². The molecule has 1 unspecified atom stereocenters. The van der Waals surface area contributed by atoms with E-state index >= 15 is 0 Å². The molecule has 1 aromatic rings. The minimum absolute atomic E-state index is 0.0940. The van der Waals surface area contributed by atoms with E-state index in [4.69, 9.17) is 4.74 Å². The summed E-state index contributed by atoms with van der Waals surface area (Å²) >= 11 is 0. The van der Waals surface area contributed by atoms with Crippen LogP contribution in [0.25, 0.3) is 0 Å². The lowest BCUT2D eigenvalue weighted by Gasteiger charge is -2.22. The number of nitrogens with one attached hydrogen (secondary N) is 1. The van der Waals surface area contributed by atoms with Gasteiger partial charge in [0.1, 0.15) is 5.75 Å². The Morgan fingerprint density at radius 2 is 2.33 bits per heavy atom. The Bertz CT molecular complexity index is 541. The molecule has 7 nitrogen and oxygen atoms in total. The molecule has 2 rings (SSSR count). The Morgan fingerprint density at radius 1 is 1.57 bits per heavy atom. The largest absolute Gasteiger partial charge is 0.496 e. The third-order valence-corrected chi connectivity index (χ3v) is 3.63. The van der Waals surface area contributed by atoms with Crippen LogP contribution in [0, 0.1) is 10.1 Å². The van der Waals surface area contributed by atoms with Crippen molar-refractivity contribution in [1.29, 1.82) is 0 Å². The molecule has 21 heavy (non-hydrogen) atoms. The summed E-state index contributed by atoms with van der Waals surface area (Å²) in [6, 6.07) is 4.34. The van der Waals surface area contributed by atoms with Gasteiger partial charge in [0, 0.05) is 25.7 Å². The first-order chi connectivity index (χ1) is 10.0. The first-order valence-corrected chi connectivity index (χ1v) is 6.84. The molecule has 1 atom stereocenters. The van der Waals surface area contributed by atoms with E-state index in [2.05, 4.69) is 5.32 Å². The number of likely N-dealkylation sites (N-methyl/N-ethyl adjacent to an activating group) is 1. The maximum Gasteiger partial charge on any atom is 0.273 e. The zero-order valence-corrected chi connectivity index (χ0v) is 12.2. The SMILES string of the molecule is COc1cc([N+](=O)[O-])ccc1C(=O)N(C)CC1CCCN1. The number of benzene rings is 1. The van der Waals surface area contributed by atoms with Crippen molar-refractivity contribution in [2.45, 2.75) is 18.9 Å². The van der Waals surface area contributed by atoms with Crippen LogP contribution in [0.4, 0.5) is 5.69 Å². The predicted octanol–water partition coefficient (Wildman–Crippen LogP) is 1.43. The molecule has 0 aliphatic carbocycles. The van der Waals surface area contributed by atoms with Crippen LogP contribution in [0.15, 0.2) is 18.2 Å². The fraction of sp³-hybridized carbons (Fsp3) is 0.500. The van der Waals surface area contributed by atoms with Gasteiger partial charge in [0.25, 0.3) is 11.6 Å². The Kier molecular flexibility index (Phi) is 4.74. The highest BCUT2D eigenvalue weighted by Gasteiger charge is 2.23. The van der Waals surface area contributed by atoms with Crippen molar-refractivity contribution in [2.24, 2.45) is 0 Å². The molecule has 0 saturated carbocycles. The van der Waals surface area contributed by atoms with Gasteiger partial charge >= 0.3 is 0 Å². The number of hydrogen-bond acceptors (Lipinski definition) is 5. The zero-order valence-electron chi connectivity index (χ0n) is 12.2. The third-order valence-electron chi connectivity index (χ3n) is 3.63. The average molecular weight is 293 g/mol. The Labute approximate surface area is 123 Å². The number of nitrogens with zero attached hydrogens (tertiary/aromatic N) is 2. The van der Waals surface area contributed by atoms with Crippen molar-refractivity contribution in [3.63, 3.8) is 0 Å². The van der Waals surface area contributed by atoms with E-state index in [9.17, 15) is 14.9 Å². The number of amides is 1. The van der Waals surface area contributed by atoms with Crippen molar-refractivity contribution in [3.05, 3.63) is 33.9 Å². The van der Waals surface area contributed by atoms with E-state index in [1.165, 1.54) is 25.3 Å². The summed E-state index contributed by atoms with van der Waals surface area (Å²) < 4.78 is 5.11. The van der Waals surface area contributed by atoms with Gasteiger partial charge in [-0.15, -0.1) is 0 Å². The molecule has 0 bridgehead atoms. The van der Waals surface area contributed by atoms with Crippen molar-refractivity contribution >= 4 is 11.6 Å². The van der Waals surface area contributed by atoms with E-state index < -0.39 is 4.92 Å². The molecule has 114 valence electrons. The van der Waals surface area contributed by atoms with Gasteiger partial charge < -0.3 is 15.0 Å². The van der Waals surface area contributed by atoms with Crippen molar-refractivity contribution in [2.75, 3.05) is 27.2 Å². The standard InChI is InChI=1S/C14H19N3O4/c1-16(9-10-4-3-7-15-10)14(18)12-6-5-11(17(19)20)8-13(12)21-2/h5-6,8,10,15H,3-4,7,9H2,1-2H3. The normalized spacial score (nSPS) is 17.5. The number of hydrogen-bond donors (Lipinski definition) is 1. The van der Waals surface area contributed by atoms with Gasteiger partial charge in [-0.2, -0.15) is 0 Å². The second-order valence-electron chi connectivity index (χ2n) is 5.12. The van der Waals surface area contributed by atoms with Crippen LogP contribution in [0.5, 0.6) is 5.75 Å². The monoisotopic (exact) mass is 293 g/mol. The summed E-state index contributed by atoms with van der Waals surface area (Å²) in [4.78, 5) is 24.3. The van der Waals surface area contributed by atoms with Gasteiger partial charge in [0.05, 0.1) is 23.7 Å². The molecule has 0 spiro atoms. The summed E-state index contributed by atoms with van der Waals surface area (Å²) in [7, 11) is 3.12. The summed E-state index contributed by atoms with van der Waals surface area (Å²) in [6.45, 7) is 1.59. The van der Waals surface area contributed by atoms with E-state index in [1.807, 2.05) is 0 Å². The van der Waals surface area contributed by atoms with Crippen LogP contribution < -0.4 is 10.1 Å². The number of ether oxygens (including phenoxy) is 1. The topological polar surface area (TPSA) is 84.7 Å². The quantitative estimate of drug-likeness (QED) is 0.655. The van der Waals surface area contributed by atoms with Gasteiger partial charge in [-0.25, -0.2) is 0 Å². The number of rotatable bonds is 5. The number of nitro groups is 1. The molecule has 1 heterocycles. The first-order valence-electron chi connectivity index (χ1n) is 6.84. The lowest BCUT2D eigenvalue weighted by Crippen LogP contribution is -2.38. The molecule has 1 aliphatic heterocycles. The Morgan fingerprint density at radius 3 is 2.90 bits per heavy atom. The van der Waals surface area contributed by atoms with Crippen LogP contribution in [-0.2, 0) is 0 Å². The molecule has 1 aliphatic rings. The molecule has 0 radical (unpaired) electrons. The first kappa shape index (κ1) is 15.2. The van der Waals surface area contributed by atoms with Crippen LogP contribution in [0.3, 0.4) is 0 Å². The molecule has 1 N–H and O–H groups in total. The summed E-state index contributed by atoms with van der Waals surface area (Å²) in [5.74, 6) is 0.0240. The minimum atomic E-state index is -0.511. The molecule has 1 amide bonds. The highest BCUT2D eigenvalue weighted by Crippen LogP contribution is 2.25. The molecule has 1 fully saturated rings. The Hall–Kier alpha value is -2.15. The number of carbonyl (C=O) groups is 1. The van der Waals surface area contributed by atoms with Crippen molar-refractivity contribution < 1.29 is 14.5 Å². The lowest BCUT2D eigenvalue weighted by molar-refractivity contribution is -0.384. The van der Waals surface area contributed by atoms with Crippen molar-refractivity contribution in [3.8, 4) is 5.75 Å². The second kappa shape index (κ2) is 6.53. The summed E-state index contributed by atoms with van der Waals surface area (Å²) in [6.07, 6.45) is 2.17. The van der Waals surface area contributed by atoms with E-state index in [0.29, 0.717) is 18.2 Å². The summed E-state index contributed by atoms with van der Waals surface area (Å²) in [5, 5.41) is 14.1. The third kappa shape index (κ3) is 3.49. The fourth-order valence-corrected chi connectivity index (χ4v) is 2.50. The average Bonchev–Trinajstić information content (AvgIpc) is 2.98. The zero-order chi connectivity index (χ0) is 15.4. The molecule has 7 heteroatoms. The van der Waals surface area contributed by atoms with Crippen LogP contribution in [0.2, 0.25) is 0 Å². The lowest BCUT2D eigenvalue weighted by atomic mass is 10.1. The molecular weight excluding hydrogens is 274 g/mol. The molecule has 1 saturated heterocycles. The maximum absolute atomic E-state index is 12.4. The maximum atomic E-state index is 12.4. The van der Waals surface area contributed by atoms with Gasteiger partial charge in [-0.3, -0.25) is 14.9 Å². The summed E-state index contributed by atoms with van der Waals surface area (Å²) in [5.41, 5.74) is 0.243. The highest BCUT2D eigenvalue weighted by atomic mass is 16.6. The van der Waals surface area contributed by atoms with E-state index in [1.54, 1.807) is 11.9 Å². The van der Waals surface area contributed by atoms with E-state index in [-0.39, 0.29) is 17.3 Å². The highest BCUT2D eigenvalue weighted by molar-refractivity contribution is 5.97. The van der Waals surface area contributed by atoms with Gasteiger partial charge in [0.2, 0.25) is 0 Å². The number of nitro benzene ring substituents is 1. The minimum Gasteiger partial charge on any atom is -0.496 e. The number of carbonyl (C=O) groups excluding carboxylic acids is 1. The second-order valence-corrected chi connectivity index (χ2v) is 5.12. The van der Waals surface area contributed by atoms with Crippen LogP contribution in [0.1, 0.15) is 23.2 Å². The van der Waals surface area contributed by atoms with Gasteiger partial charge in [-0.05, 0) is 25.5 Å². The Balaban J connectivity index is 2.15. The van der Waals surface area contributed by atoms with Crippen LogP contribution >= 0.6 is 0 Å². The number of non-ortho nitro benzene ring substituents is 1. The number of methoxy groups -OCH3 is 1. The molecular formula is C14H19N3O4.